The van der Waals surface area contributed by atoms with E-state index in [1.807, 2.05) is 48.5 Å². The molecule has 2 aliphatic rings. The molecule has 3 N–H and O–H groups in total. The third-order valence-electron chi connectivity index (χ3n) is 8.67. The van der Waals surface area contributed by atoms with E-state index in [0.29, 0.717) is 33.8 Å². The SMILES string of the molecule is N#CC1=C(N)Oc2c(ccc3[nH]c4ccccc4c23)C12C(=O)N(Cc1cn(Cc3ccc(C(F)(F)F)cc3)nn1)c1ccccc12. The molecule has 1 spiro atoms. The summed E-state index contributed by atoms with van der Waals surface area (Å²) < 4.78 is 46.6. The van der Waals surface area contributed by atoms with Gasteiger partial charge in [-0.3, -0.25) is 4.79 Å². The van der Waals surface area contributed by atoms with Gasteiger partial charge in [-0.25, -0.2) is 4.68 Å². The van der Waals surface area contributed by atoms with Crippen LogP contribution >= 0.6 is 0 Å². The zero-order valence-corrected chi connectivity index (χ0v) is 23.8. The van der Waals surface area contributed by atoms with Gasteiger partial charge in [0.25, 0.3) is 0 Å². The Bertz CT molecular complexity index is 2300. The normalized spacial score (nSPS) is 17.4. The highest BCUT2D eigenvalue weighted by Gasteiger charge is 2.59. The molecule has 226 valence electrons. The minimum absolute atomic E-state index is 0.00917. The van der Waals surface area contributed by atoms with E-state index in [-0.39, 0.29) is 24.5 Å². The fraction of sp³-hybridized carbons (Fsp3) is 0.118. The number of rotatable bonds is 4. The summed E-state index contributed by atoms with van der Waals surface area (Å²) in [6.45, 7) is 0.206. The number of aromatic amines is 1. The molecule has 9 nitrogen and oxygen atoms in total. The molecule has 4 heterocycles. The van der Waals surface area contributed by atoms with Crippen LogP contribution in [0.25, 0.3) is 21.8 Å². The lowest BCUT2D eigenvalue weighted by atomic mass is 9.68. The smallest absolute Gasteiger partial charge is 0.416 e. The molecule has 0 bridgehead atoms. The highest BCUT2D eigenvalue weighted by Crippen LogP contribution is 2.57. The Balaban J connectivity index is 1.21. The Kier molecular flexibility index (Phi) is 5.79. The maximum absolute atomic E-state index is 14.8. The summed E-state index contributed by atoms with van der Waals surface area (Å²) in [4.78, 5) is 19.8. The number of para-hydroxylation sites is 2. The van der Waals surface area contributed by atoms with Crippen molar-refractivity contribution in [3.05, 3.63) is 131 Å². The molecule has 1 atom stereocenters. The summed E-state index contributed by atoms with van der Waals surface area (Å²) in [6, 6.07) is 25.6. The van der Waals surface area contributed by atoms with Gasteiger partial charge in [0.15, 0.2) is 0 Å². The van der Waals surface area contributed by atoms with Gasteiger partial charge in [-0.1, -0.05) is 59.8 Å². The first-order valence-electron chi connectivity index (χ1n) is 14.3. The van der Waals surface area contributed by atoms with Crippen molar-refractivity contribution in [1.82, 2.24) is 20.0 Å². The van der Waals surface area contributed by atoms with Crippen LogP contribution in [0.5, 0.6) is 5.75 Å². The second kappa shape index (κ2) is 9.70. The van der Waals surface area contributed by atoms with Gasteiger partial charge in [0.05, 0.1) is 35.8 Å². The number of hydrogen-bond donors (Lipinski definition) is 2. The number of carbonyl (C=O) groups is 1. The number of ether oxygens (including phenoxy) is 1. The number of carbonyl (C=O) groups excluding carboxylic acids is 1. The molecule has 12 heteroatoms. The van der Waals surface area contributed by atoms with Gasteiger partial charge in [-0.05, 0) is 35.9 Å². The number of nitrogens with one attached hydrogen (secondary N) is 1. The molecule has 1 amide bonds. The molecule has 0 radical (unpaired) electrons. The number of nitriles is 1. The third kappa shape index (κ3) is 3.84. The quantitative estimate of drug-likeness (QED) is 0.254. The van der Waals surface area contributed by atoms with Crippen LogP contribution in [-0.2, 0) is 29.5 Å². The van der Waals surface area contributed by atoms with Crippen molar-refractivity contribution < 1.29 is 22.7 Å². The molecule has 0 fully saturated rings. The number of halogens is 3. The molecular weight excluding hydrogens is 595 g/mol. The number of H-pyrrole nitrogens is 1. The number of anilines is 1. The first kappa shape index (κ1) is 27.5. The summed E-state index contributed by atoms with van der Waals surface area (Å²) in [5.74, 6) is -0.145. The van der Waals surface area contributed by atoms with E-state index < -0.39 is 23.1 Å². The number of benzene rings is 4. The summed E-state index contributed by atoms with van der Waals surface area (Å²) >= 11 is 0. The lowest BCUT2D eigenvalue weighted by Crippen LogP contribution is -2.45. The number of fused-ring (bicyclic) bond motifs is 8. The Morgan fingerprint density at radius 1 is 0.935 bits per heavy atom. The standard InChI is InChI=1S/C34H22F3N7O2/c35-34(36,37)20-11-9-19(10-12-20)16-43-17-21(41-42-43)18-44-28-8-4-2-6-23(28)33(32(44)45)24-13-14-27-29(22-5-1-3-7-26(22)40-27)30(24)46-31(39)25(33)15-38/h1-14,17,40H,16,18,39H2. The molecule has 8 rings (SSSR count). The minimum atomic E-state index is -4.42. The molecule has 46 heavy (non-hydrogen) atoms. The van der Waals surface area contributed by atoms with Gasteiger partial charge in [-0.2, -0.15) is 18.4 Å². The summed E-state index contributed by atoms with van der Waals surface area (Å²) in [7, 11) is 0. The molecule has 0 saturated heterocycles. The number of nitrogens with two attached hydrogens (primary N) is 1. The third-order valence-corrected chi connectivity index (χ3v) is 8.67. The highest BCUT2D eigenvalue weighted by molar-refractivity contribution is 6.17. The van der Waals surface area contributed by atoms with E-state index in [9.17, 15) is 23.2 Å². The van der Waals surface area contributed by atoms with Crippen LogP contribution in [0.15, 0.2) is 103 Å². The van der Waals surface area contributed by atoms with Crippen molar-refractivity contribution in [2.45, 2.75) is 24.7 Å². The number of aromatic nitrogens is 4. The molecule has 2 aromatic heterocycles. The molecule has 0 aliphatic carbocycles. The van der Waals surface area contributed by atoms with E-state index in [1.54, 1.807) is 23.2 Å². The van der Waals surface area contributed by atoms with Crippen molar-refractivity contribution in [1.29, 1.82) is 5.26 Å². The molecule has 6 aromatic rings. The second-order valence-corrected chi connectivity index (χ2v) is 11.2. The Morgan fingerprint density at radius 3 is 2.48 bits per heavy atom. The molecule has 4 aromatic carbocycles. The Labute approximate surface area is 258 Å². The predicted octanol–water partition coefficient (Wildman–Crippen LogP) is 5.90. The molecule has 0 saturated carbocycles. The van der Waals surface area contributed by atoms with Crippen LogP contribution < -0.4 is 15.4 Å². The van der Waals surface area contributed by atoms with Gasteiger partial charge in [0.1, 0.15) is 28.5 Å². The van der Waals surface area contributed by atoms with Crippen molar-refractivity contribution >= 4 is 33.4 Å². The van der Waals surface area contributed by atoms with Crippen molar-refractivity contribution in [3.8, 4) is 11.8 Å². The van der Waals surface area contributed by atoms with Crippen LogP contribution in [0, 0.1) is 11.3 Å². The van der Waals surface area contributed by atoms with Crippen molar-refractivity contribution in [2.75, 3.05) is 4.90 Å². The van der Waals surface area contributed by atoms with Crippen LogP contribution in [0.2, 0.25) is 0 Å². The van der Waals surface area contributed by atoms with E-state index in [2.05, 4.69) is 21.4 Å². The molecule has 2 aliphatic heterocycles. The summed E-state index contributed by atoms with van der Waals surface area (Å²) in [6.07, 6.45) is -2.78. The maximum Gasteiger partial charge on any atom is 0.416 e. The number of amides is 1. The lowest BCUT2D eigenvalue weighted by Gasteiger charge is -2.34. The fourth-order valence-electron chi connectivity index (χ4n) is 6.68. The first-order valence-corrected chi connectivity index (χ1v) is 14.3. The largest absolute Gasteiger partial charge is 0.439 e. The van der Waals surface area contributed by atoms with Gasteiger partial charge >= 0.3 is 6.18 Å². The Morgan fingerprint density at radius 2 is 1.70 bits per heavy atom. The lowest BCUT2D eigenvalue weighted by molar-refractivity contribution is -0.137. The van der Waals surface area contributed by atoms with Gasteiger partial charge in [-0.15, -0.1) is 5.10 Å². The second-order valence-electron chi connectivity index (χ2n) is 11.2. The zero-order valence-electron chi connectivity index (χ0n) is 23.8. The van der Waals surface area contributed by atoms with E-state index >= 15 is 0 Å². The van der Waals surface area contributed by atoms with Gasteiger partial charge in [0.2, 0.25) is 11.8 Å². The topological polar surface area (TPSA) is 126 Å². The van der Waals surface area contributed by atoms with E-state index in [4.69, 9.17) is 10.5 Å². The van der Waals surface area contributed by atoms with Gasteiger partial charge < -0.3 is 20.4 Å². The minimum Gasteiger partial charge on any atom is -0.439 e. The number of hydrogen-bond acceptors (Lipinski definition) is 6. The first-order chi connectivity index (χ1) is 22.2. The average molecular weight is 618 g/mol. The van der Waals surface area contributed by atoms with Crippen LogP contribution in [-0.4, -0.2) is 25.9 Å². The van der Waals surface area contributed by atoms with E-state index in [1.165, 1.54) is 16.8 Å². The monoisotopic (exact) mass is 617 g/mol. The molecule has 1 unspecified atom stereocenters. The maximum atomic E-state index is 14.8. The zero-order chi connectivity index (χ0) is 31.8. The summed E-state index contributed by atoms with van der Waals surface area (Å²) in [5.41, 5.74) is 8.53. The van der Waals surface area contributed by atoms with Crippen LogP contribution in [0.1, 0.15) is 27.9 Å². The average Bonchev–Trinajstić information content (AvgIpc) is 3.72. The van der Waals surface area contributed by atoms with Crippen molar-refractivity contribution in [3.63, 3.8) is 0 Å². The van der Waals surface area contributed by atoms with E-state index in [0.717, 1.165) is 33.9 Å². The summed E-state index contributed by atoms with van der Waals surface area (Å²) in [5, 5.41) is 20.5. The number of nitrogens with zero attached hydrogens (tertiary/aromatic N) is 5. The van der Waals surface area contributed by atoms with Crippen LogP contribution in [0.4, 0.5) is 18.9 Å². The Hall–Kier alpha value is -6.09. The highest BCUT2D eigenvalue weighted by atomic mass is 19.4. The van der Waals surface area contributed by atoms with Crippen LogP contribution in [0.3, 0.4) is 0 Å². The number of alkyl halides is 3. The molecular formula is C34H22F3N7O2. The predicted molar refractivity (Wildman–Crippen MR) is 162 cm³/mol. The fourth-order valence-corrected chi connectivity index (χ4v) is 6.68. The van der Waals surface area contributed by atoms with Gasteiger partial charge in [0, 0.05) is 27.7 Å². The van der Waals surface area contributed by atoms with Crippen molar-refractivity contribution in [2.24, 2.45) is 5.73 Å².